The van der Waals surface area contributed by atoms with Gasteiger partial charge >= 0.3 is 0 Å². The minimum Gasteiger partial charge on any atom is -0.349 e. The molecule has 1 aromatic rings. The highest BCUT2D eigenvalue weighted by molar-refractivity contribution is 5.76. The average molecular weight is 306 g/mol. The van der Waals surface area contributed by atoms with Crippen molar-refractivity contribution in [3.63, 3.8) is 0 Å². The Balaban J connectivity index is 1.86. The van der Waals surface area contributed by atoms with Crippen LogP contribution in [-0.2, 0) is 17.9 Å². The van der Waals surface area contributed by atoms with E-state index in [9.17, 15) is 4.79 Å². The zero-order valence-corrected chi connectivity index (χ0v) is 14.0. The van der Waals surface area contributed by atoms with Gasteiger partial charge in [-0.25, -0.2) is 4.98 Å². The lowest BCUT2D eigenvalue weighted by Crippen LogP contribution is -2.38. The normalized spacial score (nSPS) is 17.6. The predicted octanol–water partition coefficient (Wildman–Crippen LogP) is 2.45. The van der Waals surface area contributed by atoms with Crippen LogP contribution in [0.4, 0.5) is 0 Å². The first kappa shape index (κ1) is 17.0. The third kappa shape index (κ3) is 4.57. The Kier molecular flexibility index (Phi) is 6.00. The van der Waals surface area contributed by atoms with Crippen LogP contribution in [0, 0.1) is 11.3 Å². The van der Waals surface area contributed by atoms with Crippen LogP contribution in [0.5, 0.6) is 0 Å². The van der Waals surface area contributed by atoms with E-state index in [1.807, 2.05) is 6.20 Å². The van der Waals surface area contributed by atoms with E-state index in [2.05, 4.69) is 28.7 Å². The molecule has 22 heavy (non-hydrogen) atoms. The van der Waals surface area contributed by atoms with Crippen molar-refractivity contribution in [1.29, 1.82) is 0 Å². The van der Waals surface area contributed by atoms with Gasteiger partial charge in [-0.3, -0.25) is 4.79 Å². The number of carbonyl (C=O) groups excluding carboxylic acids is 1. The zero-order chi connectivity index (χ0) is 16.0. The second-order valence-corrected chi connectivity index (χ2v) is 7.11. The molecule has 1 heterocycles. The van der Waals surface area contributed by atoms with Gasteiger partial charge in [0.1, 0.15) is 5.82 Å². The number of hydrogen-bond acceptors (Lipinski definition) is 3. The van der Waals surface area contributed by atoms with E-state index in [4.69, 9.17) is 5.73 Å². The monoisotopic (exact) mass is 306 g/mol. The first-order valence-corrected chi connectivity index (χ1v) is 8.51. The van der Waals surface area contributed by atoms with E-state index in [1.165, 1.54) is 19.3 Å². The summed E-state index contributed by atoms with van der Waals surface area (Å²) in [5.41, 5.74) is 5.98. The molecule has 124 valence electrons. The van der Waals surface area contributed by atoms with Gasteiger partial charge in [0.25, 0.3) is 0 Å². The van der Waals surface area contributed by atoms with Crippen LogP contribution in [0.25, 0.3) is 0 Å². The molecule has 0 aliphatic heterocycles. The molecule has 1 aliphatic rings. The minimum atomic E-state index is 0.0235. The molecule has 1 aliphatic carbocycles. The molecule has 0 saturated heterocycles. The summed E-state index contributed by atoms with van der Waals surface area (Å²) in [6.45, 7) is 6.40. The number of rotatable bonds is 7. The van der Waals surface area contributed by atoms with Crippen LogP contribution in [0.15, 0.2) is 12.4 Å². The van der Waals surface area contributed by atoms with E-state index in [-0.39, 0.29) is 11.3 Å². The second-order valence-electron chi connectivity index (χ2n) is 7.11. The fourth-order valence-electron chi connectivity index (χ4n) is 3.40. The maximum Gasteiger partial charge on any atom is 0.220 e. The molecule has 0 radical (unpaired) electrons. The molecule has 0 aromatic carbocycles. The summed E-state index contributed by atoms with van der Waals surface area (Å²) in [5.74, 6) is 1.59. The number of imidazole rings is 1. The van der Waals surface area contributed by atoms with Gasteiger partial charge < -0.3 is 15.6 Å². The van der Waals surface area contributed by atoms with Gasteiger partial charge in [-0.15, -0.1) is 0 Å². The van der Waals surface area contributed by atoms with Gasteiger partial charge in [0.05, 0.1) is 6.54 Å². The zero-order valence-electron chi connectivity index (χ0n) is 14.0. The third-order valence-electron chi connectivity index (χ3n) is 4.69. The van der Waals surface area contributed by atoms with Gasteiger partial charge in [0, 0.05) is 25.4 Å². The molecule has 2 rings (SSSR count). The summed E-state index contributed by atoms with van der Waals surface area (Å²) in [5, 5.41) is 3.03. The molecule has 1 fully saturated rings. The number of amides is 1. The lowest BCUT2D eigenvalue weighted by molar-refractivity contribution is -0.124. The predicted molar refractivity (Wildman–Crippen MR) is 88.1 cm³/mol. The van der Waals surface area contributed by atoms with Crippen molar-refractivity contribution in [2.24, 2.45) is 17.1 Å². The van der Waals surface area contributed by atoms with Crippen molar-refractivity contribution in [3.8, 4) is 0 Å². The first-order valence-electron chi connectivity index (χ1n) is 8.51. The molecule has 0 spiro atoms. The molecular weight excluding hydrogens is 276 g/mol. The number of nitrogens with two attached hydrogens (primary N) is 1. The topological polar surface area (TPSA) is 72.9 Å². The van der Waals surface area contributed by atoms with Gasteiger partial charge in [-0.2, -0.15) is 0 Å². The Morgan fingerprint density at radius 1 is 1.41 bits per heavy atom. The van der Waals surface area contributed by atoms with Crippen LogP contribution in [-0.4, -0.2) is 22.0 Å². The highest BCUT2D eigenvalue weighted by Gasteiger charge is 2.32. The van der Waals surface area contributed by atoms with Crippen molar-refractivity contribution >= 4 is 5.91 Å². The standard InChI is InChI=1S/C17H30N4O/c1-14(2)12-21-9-8-19-15(21)11-20-16(22)10-17(13-18)6-4-3-5-7-17/h8-9,14H,3-7,10-13,18H2,1-2H3,(H,20,22). The molecule has 5 nitrogen and oxygen atoms in total. The van der Waals surface area contributed by atoms with Gasteiger partial charge in [0.15, 0.2) is 0 Å². The van der Waals surface area contributed by atoms with Crippen LogP contribution >= 0.6 is 0 Å². The smallest absolute Gasteiger partial charge is 0.220 e. The van der Waals surface area contributed by atoms with Crippen LogP contribution in [0.1, 0.15) is 58.2 Å². The lowest BCUT2D eigenvalue weighted by atomic mass is 9.71. The number of nitrogens with one attached hydrogen (secondary N) is 1. The molecular formula is C17H30N4O. The summed E-state index contributed by atoms with van der Waals surface area (Å²) >= 11 is 0. The molecule has 0 atom stereocenters. The highest BCUT2D eigenvalue weighted by atomic mass is 16.1. The van der Waals surface area contributed by atoms with Crippen molar-refractivity contribution in [1.82, 2.24) is 14.9 Å². The minimum absolute atomic E-state index is 0.0235. The molecule has 0 bridgehead atoms. The lowest BCUT2D eigenvalue weighted by Gasteiger charge is -2.35. The van der Waals surface area contributed by atoms with E-state index < -0.39 is 0 Å². The quantitative estimate of drug-likeness (QED) is 0.812. The maximum atomic E-state index is 12.3. The summed E-state index contributed by atoms with van der Waals surface area (Å²) < 4.78 is 2.12. The summed E-state index contributed by atoms with van der Waals surface area (Å²) in [6, 6.07) is 0. The molecule has 5 heteroatoms. The van der Waals surface area contributed by atoms with E-state index in [1.54, 1.807) is 6.20 Å². The van der Waals surface area contributed by atoms with Crippen molar-refractivity contribution in [3.05, 3.63) is 18.2 Å². The van der Waals surface area contributed by atoms with Crippen molar-refractivity contribution in [2.75, 3.05) is 6.54 Å². The van der Waals surface area contributed by atoms with E-state index >= 15 is 0 Å². The first-order chi connectivity index (χ1) is 10.5. The number of hydrogen-bond donors (Lipinski definition) is 2. The van der Waals surface area contributed by atoms with Crippen LogP contribution < -0.4 is 11.1 Å². The summed E-state index contributed by atoms with van der Waals surface area (Å²) in [7, 11) is 0. The highest BCUT2D eigenvalue weighted by Crippen LogP contribution is 2.38. The largest absolute Gasteiger partial charge is 0.349 e. The Labute approximate surface area is 133 Å². The maximum absolute atomic E-state index is 12.3. The fraction of sp³-hybridized carbons (Fsp3) is 0.765. The Bertz CT molecular complexity index is 475. The SMILES string of the molecule is CC(C)Cn1ccnc1CNC(=O)CC1(CN)CCCCC1. The van der Waals surface area contributed by atoms with Gasteiger partial charge in [-0.05, 0) is 30.7 Å². The molecule has 1 saturated carbocycles. The van der Waals surface area contributed by atoms with Crippen LogP contribution in [0.2, 0.25) is 0 Å². The molecule has 1 aromatic heterocycles. The van der Waals surface area contributed by atoms with Crippen molar-refractivity contribution < 1.29 is 4.79 Å². The fourth-order valence-corrected chi connectivity index (χ4v) is 3.40. The number of nitrogens with zero attached hydrogens (tertiary/aromatic N) is 2. The van der Waals surface area contributed by atoms with Crippen molar-refractivity contribution in [2.45, 2.75) is 65.5 Å². The average Bonchev–Trinajstić information content (AvgIpc) is 2.92. The molecule has 1 amide bonds. The van der Waals surface area contributed by atoms with E-state index in [0.717, 1.165) is 25.2 Å². The Morgan fingerprint density at radius 2 is 2.14 bits per heavy atom. The molecule has 3 N–H and O–H groups in total. The molecule has 0 unspecified atom stereocenters. The number of carbonyl (C=O) groups is 1. The van der Waals surface area contributed by atoms with Gasteiger partial charge in [-0.1, -0.05) is 33.1 Å². The van der Waals surface area contributed by atoms with E-state index in [0.29, 0.717) is 25.4 Å². The third-order valence-corrected chi connectivity index (χ3v) is 4.69. The van der Waals surface area contributed by atoms with Gasteiger partial charge in [0.2, 0.25) is 5.91 Å². The summed E-state index contributed by atoms with van der Waals surface area (Å²) in [4.78, 5) is 16.6. The second kappa shape index (κ2) is 7.77. The van der Waals surface area contributed by atoms with Crippen LogP contribution in [0.3, 0.4) is 0 Å². The number of aromatic nitrogens is 2. The summed E-state index contributed by atoms with van der Waals surface area (Å²) in [6.07, 6.45) is 10.2. The Morgan fingerprint density at radius 3 is 2.77 bits per heavy atom. The Hall–Kier alpha value is -1.36.